The average molecular weight is 625 g/mol. The Morgan fingerprint density at radius 3 is 1.16 bits per heavy atom. The average Bonchev–Trinajstić information content (AvgIpc) is 3.39. The van der Waals surface area contributed by atoms with Crippen molar-refractivity contribution in [3.05, 3.63) is 169 Å². The Labute approximate surface area is 285 Å². The Hall–Kier alpha value is -6.12. The van der Waals surface area contributed by atoms with Crippen molar-refractivity contribution < 1.29 is 0 Å². The fourth-order valence-corrected chi connectivity index (χ4v) is 7.96. The maximum absolute atomic E-state index is 4.93. The van der Waals surface area contributed by atoms with Crippen LogP contribution >= 0.6 is 0 Å². The van der Waals surface area contributed by atoms with E-state index in [4.69, 9.17) is 9.97 Å². The van der Waals surface area contributed by atoms with Gasteiger partial charge in [-0.25, -0.2) is 0 Å². The molecule has 0 saturated carbocycles. The molecule has 1 aliphatic rings. The minimum atomic E-state index is -0.150. The molecule has 2 aromatic heterocycles. The summed E-state index contributed by atoms with van der Waals surface area (Å²) in [5, 5.41) is 10.3. The molecule has 0 bridgehead atoms. The largest absolute Gasteiger partial charge is 0.256 e. The first-order chi connectivity index (χ1) is 24.0. The normalized spacial score (nSPS) is 13.3. The van der Waals surface area contributed by atoms with E-state index < -0.39 is 0 Å². The zero-order valence-corrected chi connectivity index (χ0v) is 27.4. The van der Waals surface area contributed by atoms with Crippen molar-refractivity contribution >= 4 is 43.1 Å². The van der Waals surface area contributed by atoms with Crippen molar-refractivity contribution in [2.45, 2.75) is 19.3 Å². The third kappa shape index (κ3) is 4.41. The van der Waals surface area contributed by atoms with Gasteiger partial charge in [-0.2, -0.15) is 0 Å². The fourth-order valence-electron chi connectivity index (χ4n) is 7.96. The van der Waals surface area contributed by atoms with Crippen LogP contribution in [0, 0.1) is 0 Å². The molecule has 0 amide bonds. The lowest BCUT2D eigenvalue weighted by molar-refractivity contribution is 0.663. The lowest BCUT2D eigenvalue weighted by Crippen LogP contribution is -2.15. The molecule has 0 atom stereocenters. The Kier molecular flexibility index (Phi) is 5.95. The van der Waals surface area contributed by atoms with Crippen LogP contribution in [-0.2, 0) is 5.41 Å². The van der Waals surface area contributed by atoms with Crippen LogP contribution in [0.3, 0.4) is 0 Å². The molecule has 0 N–H and O–H groups in total. The Morgan fingerprint density at radius 2 is 0.735 bits per heavy atom. The lowest BCUT2D eigenvalue weighted by Gasteiger charge is -2.23. The zero-order chi connectivity index (χ0) is 32.7. The molecule has 0 unspecified atom stereocenters. The van der Waals surface area contributed by atoms with Gasteiger partial charge in [0.25, 0.3) is 0 Å². The van der Waals surface area contributed by atoms with Crippen molar-refractivity contribution in [1.29, 1.82) is 0 Å². The van der Waals surface area contributed by atoms with Crippen molar-refractivity contribution in [3.63, 3.8) is 0 Å². The van der Waals surface area contributed by atoms with E-state index in [2.05, 4.69) is 159 Å². The molecule has 2 nitrogen and oxygen atoms in total. The van der Waals surface area contributed by atoms with Gasteiger partial charge in [-0.15, -0.1) is 0 Å². The van der Waals surface area contributed by atoms with Crippen molar-refractivity contribution in [2.75, 3.05) is 0 Å². The lowest BCUT2D eigenvalue weighted by atomic mass is 9.80. The summed E-state index contributed by atoms with van der Waals surface area (Å²) in [5.41, 5.74) is 11.5. The van der Waals surface area contributed by atoms with Crippen LogP contribution in [0.1, 0.15) is 25.0 Å². The summed E-state index contributed by atoms with van der Waals surface area (Å²) in [6.07, 6.45) is 4.05. The highest BCUT2D eigenvalue weighted by Gasteiger charge is 2.35. The molecular weight excluding hydrogens is 593 g/mol. The number of nitrogens with zero attached hydrogens (tertiary/aromatic N) is 2. The minimum absolute atomic E-state index is 0.150. The van der Waals surface area contributed by atoms with Crippen LogP contribution in [-0.4, -0.2) is 9.97 Å². The number of aromatic nitrogens is 2. The minimum Gasteiger partial charge on any atom is -0.256 e. The third-order valence-electron chi connectivity index (χ3n) is 10.7. The predicted octanol–water partition coefficient (Wildman–Crippen LogP) is 12.4. The van der Waals surface area contributed by atoms with Crippen LogP contribution in [0.2, 0.25) is 0 Å². The van der Waals surface area contributed by atoms with Crippen LogP contribution in [0.4, 0.5) is 0 Å². The summed E-state index contributed by atoms with van der Waals surface area (Å²) in [4.78, 5) is 9.86. The van der Waals surface area contributed by atoms with Gasteiger partial charge in [-0.3, -0.25) is 9.97 Å². The van der Waals surface area contributed by atoms with Crippen LogP contribution in [0.15, 0.2) is 158 Å². The summed E-state index contributed by atoms with van der Waals surface area (Å²) in [6, 6.07) is 52.8. The van der Waals surface area contributed by atoms with Crippen LogP contribution < -0.4 is 0 Å². The second-order valence-electron chi connectivity index (χ2n) is 13.9. The Balaban J connectivity index is 1.00. The van der Waals surface area contributed by atoms with E-state index in [0.29, 0.717) is 0 Å². The summed E-state index contributed by atoms with van der Waals surface area (Å²) >= 11 is 0. The topological polar surface area (TPSA) is 25.8 Å². The fraction of sp³-hybridized carbons (Fsp3) is 0.0638. The number of fused-ring (bicyclic) bond motifs is 2. The first kappa shape index (κ1) is 27.9. The monoisotopic (exact) mass is 624 g/mol. The van der Waals surface area contributed by atoms with Gasteiger partial charge in [0, 0.05) is 40.1 Å². The van der Waals surface area contributed by atoms with Gasteiger partial charge in [0.2, 0.25) is 0 Å². The van der Waals surface area contributed by atoms with Crippen molar-refractivity contribution in [3.8, 4) is 44.8 Å². The standard InChI is InChI=1S/C47H32N2/c1-47(2)41-25-39(37-17-19-43(48-27-37)33-13-11-29-7-3-5-9-31(29)21-33)23-35-15-16-36-24-40(26-42(47)46(36)45(35)41)38-18-20-44(49-28-38)34-14-12-30-8-4-6-10-32(30)22-34/h3-28H,1-2H3. The molecule has 0 fully saturated rings. The Bertz CT molecular complexity index is 2580. The van der Waals surface area contributed by atoms with Crippen LogP contribution in [0.5, 0.6) is 0 Å². The molecule has 49 heavy (non-hydrogen) atoms. The molecular formula is C47H32N2. The summed E-state index contributed by atoms with van der Waals surface area (Å²) < 4.78 is 0. The molecule has 10 rings (SSSR count). The first-order valence-electron chi connectivity index (χ1n) is 17.0. The zero-order valence-electron chi connectivity index (χ0n) is 27.4. The highest BCUT2D eigenvalue weighted by atomic mass is 14.7. The van der Waals surface area contributed by atoms with Gasteiger partial charge >= 0.3 is 0 Å². The molecule has 0 aliphatic heterocycles. The van der Waals surface area contributed by atoms with Gasteiger partial charge < -0.3 is 0 Å². The molecule has 0 radical (unpaired) electrons. The molecule has 0 saturated heterocycles. The van der Waals surface area contributed by atoms with E-state index in [-0.39, 0.29) is 5.41 Å². The van der Waals surface area contributed by atoms with E-state index >= 15 is 0 Å². The van der Waals surface area contributed by atoms with Crippen LogP contribution in [0.25, 0.3) is 87.9 Å². The van der Waals surface area contributed by atoms with E-state index in [9.17, 15) is 0 Å². The van der Waals surface area contributed by atoms with E-state index in [1.165, 1.54) is 65.3 Å². The number of hydrogen-bond acceptors (Lipinski definition) is 2. The second kappa shape index (κ2) is 10.4. The van der Waals surface area contributed by atoms with E-state index in [1.807, 2.05) is 12.4 Å². The molecule has 9 aromatic rings. The predicted molar refractivity (Wildman–Crippen MR) is 206 cm³/mol. The van der Waals surface area contributed by atoms with Gasteiger partial charge in [0.1, 0.15) is 0 Å². The number of benzene rings is 7. The molecule has 7 aromatic carbocycles. The van der Waals surface area contributed by atoms with Gasteiger partial charge in [0.05, 0.1) is 11.4 Å². The third-order valence-corrected chi connectivity index (χ3v) is 10.7. The summed E-state index contributed by atoms with van der Waals surface area (Å²) in [5.74, 6) is 0. The Morgan fingerprint density at radius 1 is 0.347 bits per heavy atom. The molecule has 0 spiro atoms. The summed E-state index contributed by atoms with van der Waals surface area (Å²) in [6.45, 7) is 4.73. The maximum Gasteiger partial charge on any atom is 0.0702 e. The number of hydrogen-bond donors (Lipinski definition) is 0. The second-order valence-corrected chi connectivity index (χ2v) is 13.9. The van der Waals surface area contributed by atoms with Gasteiger partial charge in [-0.05, 0) is 114 Å². The highest BCUT2D eigenvalue weighted by Crippen LogP contribution is 2.51. The molecule has 230 valence electrons. The smallest absolute Gasteiger partial charge is 0.0702 e. The molecule has 1 aliphatic carbocycles. The SMILES string of the molecule is CC1(C)c2cc(-c3ccc(-c4ccc5ccccc5c4)nc3)cc3ccc4cc(-c5ccc(-c6ccc7ccccc7c6)nc5)cc1c4c23. The number of pyridine rings is 2. The quantitative estimate of drug-likeness (QED) is 0.182. The first-order valence-corrected chi connectivity index (χ1v) is 17.0. The van der Waals surface area contributed by atoms with Gasteiger partial charge in [0.15, 0.2) is 0 Å². The van der Waals surface area contributed by atoms with Crippen molar-refractivity contribution in [1.82, 2.24) is 9.97 Å². The molecule has 2 heteroatoms. The maximum atomic E-state index is 4.93. The number of rotatable bonds is 4. The van der Waals surface area contributed by atoms with E-state index in [1.54, 1.807) is 0 Å². The summed E-state index contributed by atoms with van der Waals surface area (Å²) in [7, 11) is 0. The molecule has 2 heterocycles. The van der Waals surface area contributed by atoms with E-state index in [0.717, 1.165) is 33.6 Å². The van der Waals surface area contributed by atoms with Gasteiger partial charge in [-0.1, -0.05) is 111 Å². The van der Waals surface area contributed by atoms with Crippen molar-refractivity contribution in [2.24, 2.45) is 0 Å². The highest BCUT2D eigenvalue weighted by molar-refractivity contribution is 6.16.